The second-order valence-electron chi connectivity index (χ2n) is 7.83. The lowest BCUT2D eigenvalue weighted by atomic mass is 10.1. The number of piperazine rings is 1. The molecule has 1 atom stereocenters. The second-order valence-corrected chi connectivity index (χ2v) is 7.83. The molecular weight excluding hydrogens is 380 g/mol. The molecule has 2 aliphatic rings. The standard InChI is InChI=1S/C24H30N2O4/c1-2-5-20-6-3-4-7-22(20)28-17-21(27)16-26-12-10-25(11-13-26)15-19-8-9-23-24(14-19)30-18-29-23/h2-4,6-9,14,21,27H,1,5,10-13,15-18H2/t21-/m1/s1. The molecule has 1 N–H and O–H groups in total. The zero-order valence-electron chi connectivity index (χ0n) is 17.3. The van der Waals surface area contributed by atoms with E-state index >= 15 is 0 Å². The van der Waals surface area contributed by atoms with Gasteiger partial charge in [-0.2, -0.15) is 0 Å². The highest BCUT2D eigenvalue weighted by Gasteiger charge is 2.21. The van der Waals surface area contributed by atoms with E-state index in [2.05, 4.69) is 28.5 Å². The van der Waals surface area contributed by atoms with Crippen LogP contribution in [0.1, 0.15) is 11.1 Å². The van der Waals surface area contributed by atoms with Gasteiger partial charge in [-0.25, -0.2) is 0 Å². The van der Waals surface area contributed by atoms with Gasteiger partial charge in [-0.1, -0.05) is 30.3 Å². The predicted octanol–water partition coefficient (Wildman–Crippen LogP) is 2.70. The molecule has 2 aliphatic heterocycles. The van der Waals surface area contributed by atoms with Crippen LogP contribution in [0.25, 0.3) is 0 Å². The first-order valence-electron chi connectivity index (χ1n) is 10.5. The highest BCUT2D eigenvalue weighted by Crippen LogP contribution is 2.32. The van der Waals surface area contributed by atoms with E-state index in [4.69, 9.17) is 14.2 Å². The third-order valence-electron chi connectivity index (χ3n) is 5.55. The number of β-amino-alcohol motifs (C(OH)–C–C–N with tert-alkyl or cyclic N) is 1. The Labute approximate surface area is 178 Å². The van der Waals surface area contributed by atoms with Crippen molar-refractivity contribution in [2.45, 2.75) is 19.1 Å². The summed E-state index contributed by atoms with van der Waals surface area (Å²) in [4.78, 5) is 4.74. The minimum atomic E-state index is -0.512. The molecule has 0 saturated carbocycles. The molecule has 2 aromatic carbocycles. The van der Waals surface area contributed by atoms with Crippen LogP contribution in [0, 0.1) is 0 Å². The van der Waals surface area contributed by atoms with Gasteiger partial charge in [0.2, 0.25) is 6.79 Å². The summed E-state index contributed by atoms with van der Waals surface area (Å²) < 4.78 is 16.7. The van der Waals surface area contributed by atoms with Crippen LogP contribution >= 0.6 is 0 Å². The van der Waals surface area contributed by atoms with Crippen LogP contribution < -0.4 is 14.2 Å². The molecule has 0 bridgehead atoms. The summed E-state index contributed by atoms with van der Waals surface area (Å²) >= 11 is 0. The van der Waals surface area contributed by atoms with E-state index in [0.717, 1.165) is 62.0 Å². The summed E-state index contributed by atoms with van der Waals surface area (Å²) in [5.74, 6) is 2.49. The lowest BCUT2D eigenvalue weighted by Crippen LogP contribution is -2.48. The molecule has 0 unspecified atom stereocenters. The fourth-order valence-corrected chi connectivity index (χ4v) is 3.93. The number of aliphatic hydroxyl groups excluding tert-OH is 1. The zero-order chi connectivity index (χ0) is 20.8. The number of aliphatic hydroxyl groups is 1. The Bertz CT molecular complexity index is 849. The molecule has 0 aliphatic carbocycles. The molecule has 1 fully saturated rings. The second kappa shape index (κ2) is 9.98. The molecule has 0 radical (unpaired) electrons. The monoisotopic (exact) mass is 410 g/mol. The molecule has 6 heteroatoms. The number of ether oxygens (including phenoxy) is 3. The van der Waals surface area contributed by atoms with E-state index in [9.17, 15) is 5.11 Å². The number of para-hydroxylation sites is 1. The molecule has 0 amide bonds. The maximum Gasteiger partial charge on any atom is 0.231 e. The van der Waals surface area contributed by atoms with Crippen LogP contribution in [0.3, 0.4) is 0 Å². The van der Waals surface area contributed by atoms with Gasteiger partial charge in [0.05, 0.1) is 0 Å². The first-order chi connectivity index (χ1) is 14.7. The van der Waals surface area contributed by atoms with Crippen LogP contribution in [0.4, 0.5) is 0 Å². The van der Waals surface area contributed by atoms with Crippen molar-refractivity contribution in [3.8, 4) is 17.2 Å². The first-order valence-corrected chi connectivity index (χ1v) is 10.5. The van der Waals surface area contributed by atoms with E-state index in [1.54, 1.807) is 0 Å². The number of fused-ring (bicyclic) bond motifs is 1. The van der Waals surface area contributed by atoms with Gasteiger partial charge in [-0.15, -0.1) is 6.58 Å². The van der Waals surface area contributed by atoms with E-state index < -0.39 is 6.10 Å². The Morgan fingerprint density at radius 3 is 2.63 bits per heavy atom. The van der Waals surface area contributed by atoms with Crippen molar-refractivity contribution < 1.29 is 19.3 Å². The summed E-state index contributed by atoms with van der Waals surface area (Å²) in [6.45, 7) is 9.75. The fraction of sp³-hybridized carbons (Fsp3) is 0.417. The average Bonchev–Trinajstić information content (AvgIpc) is 3.23. The maximum absolute atomic E-state index is 10.4. The highest BCUT2D eigenvalue weighted by atomic mass is 16.7. The number of rotatable bonds is 9. The Morgan fingerprint density at radius 2 is 1.80 bits per heavy atom. The average molecular weight is 411 g/mol. The van der Waals surface area contributed by atoms with Crippen molar-refractivity contribution >= 4 is 0 Å². The van der Waals surface area contributed by atoms with E-state index in [1.807, 2.05) is 36.4 Å². The van der Waals surface area contributed by atoms with Gasteiger partial charge in [0.15, 0.2) is 11.5 Å². The van der Waals surface area contributed by atoms with Crippen molar-refractivity contribution in [1.82, 2.24) is 9.80 Å². The summed E-state index contributed by atoms with van der Waals surface area (Å²) in [5, 5.41) is 10.4. The van der Waals surface area contributed by atoms with E-state index in [-0.39, 0.29) is 0 Å². The molecule has 2 aromatic rings. The number of hydrogen-bond donors (Lipinski definition) is 1. The van der Waals surface area contributed by atoms with E-state index in [0.29, 0.717) is 19.9 Å². The summed E-state index contributed by atoms with van der Waals surface area (Å²) in [6.07, 6.45) is 2.11. The molecule has 1 saturated heterocycles. The van der Waals surface area contributed by atoms with Gasteiger partial charge in [-0.05, 0) is 35.7 Å². The SMILES string of the molecule is C=CCc1ccccc1OC[C@H](O)CN1CCN(Cc2ccc3c(c2)OCO3)CC1. The van der Waals surface area contributed by atoms with Crippen LogP contribution in [0.2, 0.25) is 0 Å². The van der Waals surface area contributed by atoms with Crippen molar-refractivity contribution in [1.29, 1.82) is 0 Å². The smallest absolute Gasteiger partial charge is 0.231 e. The van der Waals surface area contributed by atoms with Crippen molar-refractivity contribution in [3.05, 3.63) is 66.2 Å². The van der Waals surface area contributed by atoms with Crippen LogP contribution in [0.5, 0.6) is 17.2 Å². The van der Waals surface area contributed by atoms with Crippen LogP contribution in [-0.4, -0.2) is 67.1 Å². The minimum absolute atomic E-state index is 0.297. The Morgan fingerprint density at radius 1 is 1.03 bits per heavy atom. The predicted molar refractivity (Wildman–Crippen MR) is 116 cm³/mol. The lowest BCUT2D eigenvalue weighted by Gasteiger charge is -2.35. The van der Waals surface area contributed by atoms with Crippen molar-refractivity contribution in [3.63, 3.8) is 0 Å². The molecule has 160 valence electrons. The zero-order valence-corrected chi connectivity index (χ0v) is 17.3. The van der Waals surface area contributed by atoms with Gasteiger partial charge in [-0.3, -0.25) is 9.80 Å². The first kappa shape index (κ1) is 20.7. The Hall–Kier alpha value is -2.54. The molecule has 30 heavy (non-hydrogen) atoms. The topological polar surface area (TPSA) is 54.4 Å². The summed E-state index contributed by atoms with van der Waals surface area (Å²) in [5.41, 5.74) is 2.33. The third-order valence-corrected chi connectivity index (χ3v) is 5.55. The fourth-order valence-electron chi connectivity index (χ4n) is 3.93. The molecular formula is C24H30N2O4. The summed E-state index contributed by atoms with van der Waals surface area (Å²) in [6, 6.07) is 14.1. The van der Waals surface area contributed by atoms with E-state index in [1.165, 1.54) is 5.56 Å². The number of hydrogen-bond acceptors (Lipinski definition) is 6. The molecule has 6 nitrogen and oxygen atoms in total. The van der Waals surface area contributed by atoms with Crippen molar-refractivity contribution in [2.75, 3.05) is 46.1 Å². The molecule has 2 heterocycles. The number of benzene rings is 2. The molecule has 0 spiro atoms. The molecule has 0 aromatic heterocycles. The Balaban J connectivity index is 1.19. The maximum atomic E-state index is 10.4. The minimum Gasteiger partial charge on any atom is -0.491 e. The number of nitrogens with zero attached hydrogens (tertiary/aromatic N) is 2. The molecule has 4 rings (SSSR count). The van der Waals surface area contributed by atoms with Gasteiger partial charge < -0.3 is 19.3 Å². The quantitative estimate of drug-likeness (QED) is 0.642. The lowest BCUT2D eigenvalue weighted by molar-refractivity contribution is 0.0444. The third kappa shape index (κ3) is 5.33. The van der Waals surface area contributed by atoms with Crippen LogP contribution in [0.15, 0.2) is 55.1 Å². The number of allylic oxidation sites excluding steroid dienone is 1. The van der Waals surface area contributed by atoms with Crippen LogP contribution in [-0.2, 0) is 13.0 Å². The van der Waals surface area contributed by atoms with Gasteiger partial charge in [0, 0.05) is 39.3 Å². The summed E-state index contributed by atoms with van der Waals surface area (Å²) in [7, 11) is 0. The van der Waals surface area contributed by atoms with Gasteiger partial charge in [0.1, 0.15) is 18.5 Å². The Kier molecular flexibility index (Phi) is 6.89. The van der Waals surface area contributed by atoms with Gasteiger partial charge in [0.25, 0.3) is 0 Å². The van der Waals surface area contributed by atoms with Gasteiger partial charge >= 0.3 is 0 Å². The largest absolute Gasteiger partial charge is 0.491 e. The van der Waals surface area contributed by atoms with Crippen molar-refractivity contribution in [2.24, 2.45) is 0 Å². The highest BCUT2D eigenvalue weighted by molar-refractivity contribution is 5.44. The normalized spacial score (nSPS) is 17.6.